The molecule has 0 aliphatic heterocycles. The van der Waals surface area contributed by atoms with Crippen molar-refractivity contribution in [3.63, 3.8) is 0 Å². The number of nitrogen functional groups attached to an aromatic ring is 1. The molecule has 3 aromatic heterocycles. The molecule has 3 aromatic rings. The third-order valence-electron chi connectivity index (χ3n) is 4.24. The summed E-state index contributed by atoms with van der Waals surface area (Å²) in [4.78, 5) is 21.2. The normalized spacial score (nSPS) is 13.0. The van der Waals surface area contributed by atoms with Crippen molar-refractivity contribution in [1.29, 1.82) is 0 Å². The van der Waals surface area contributed by atoms with Gasteiger partial charge < -0.3 is 11.1 Å². The summed E-state index contributed by atoms with van der Waals surface area (Å²) in [5, 5.41) is 8.16. The molecular weight excluding hydrogens is 336 g/mol. The minimum absolute atomic E-state index is 0.109. The number of thiazole rings is 1. The smallest absolute Gasteiger partial charge is 0.223 e. The van der Waals surface area contributed by atoms with Gasteiger partial charge in [0.25, 0.3) is 0 Å². The lowest BCUT2D eigenvalue weighted by molar-refractivity contribution is -0.114. The predicted octanol–water partition coefficient (Wildman–Crippen LogP) is 2.63. The van der Waals surface area contributed by atoms with Crippen LogP contribution in [-0.2, 0) is 24.7 Å². The highest BCUT2D eigenvalue weighted by Gasteiger charge is 2.26. The van der Waals surface area contributed by atoms with Crippen molar-refractivity contribution in [2.45, 2.75) is 26.2 Å². The SMILES string of the molecule is CC(=O)Nc1nc2c(s1)-c1c(c(-c3ccc(N)nc3)nn1C)CCC2. The van der Waals surface area contributed by atoms with E-state index in [1.54, 1.807) is 12.3 Å². The van der Waals surface area contributed by atoms with E-state index in [0.717, 1.165) is 46.8 Å². The van der Waals surface area contributed by atoms with E-state index in [1.807, 2.05) is 17.8 Å². The Hall–Kier alpha value is -2.74. The van der Waals surface area contributed by atoms with E-state index >= 15 is 0 Å². The molecule has 0 atom stereocenters. The molecule has 8 heteroatoms. The fourth-order valence-electron chi connectivity index (χ4n) is 3.21. The van der Waals surface area contributed by atoms with Crippen molar-refractivity contribution in [3.05, 3.63) is 29.6 Å². The van der Waals surface area contributed by atoms with Gasteiger partial charge >= 0.3 is 0 Å². The van der Waals surface area contributed by atoms with Gasteiger partial charge in [0.2, 0.25) is 5.91 Å². The summed E-state index contributed by atoms with van der Waals surface area (Å²) in [6, 6.07) is 3.74. The summed E-state index contributed by atoms with van der Waals surface area (Å²) in [6.45, 7) is 1.49. The lowest BCUT2D eigenvalue weighted by atomic mass is 10.0. The van der Waals surface area contributed by atoms with Gasteiger partial charge in [-0.15, -0.1) is 0 Å². The second-order valence-corrected chi connectivity index (χ2v) is 7.10. The van der Waals surface area contributed by atoms with Gasteiger partial charge in [0.1, 0.15) is 5.82 Å². The number of aryl methyl sites for hydroxylation is 2. The molecule has 0 spiro atoms. The summed E-state index contributed by atoms with van der Waals surface area (Å²) >= 11 is 1.51. The Balaban J connectivity index is 1.85. The zero-order chi connectivity index (χ0) is 17.6. The highest BCUT2D eigenvalue weighted by atomic mass is 32.1. The topological polar surface area (TPSA) is 98.7 Å². The molecule has 0 saturated heterocycles. The molecule has 128 valence electrons. The lowest BCUT2D eigenvalue weighted by Gasteiger charge is -2.03. The van der Waals surface area contributed by atoms with Crippen LogP contribution in [0.1, 0.15) is 24.6 Å². The van der Waals surface area contributed by atoms with E-state index in [0.29, 0.717) is 10.9 Å². The van der Waals surface area contributed by atoms with Crippen molar-refractivity contribution in [3.8, 4) is 21.8 Å². The van der Waals surface area contributed by atoms with Crippen LogP contribution in [0.5, 0.6) is 0 Å². The van der Waals surface area contributed by atoms with E-state index in [1.165, 1.54) is 23.8 Å². The molecule has 0 radical (unpaired) electrons. The number of carbonyl (C=O) groups excluding carboxylic acids is 1. The molecule has 0 saturated carbocycles. The first kappa shape index (κ1) is 15.8. The zero-order valence-corrected chi connectivity index (χ0v) is 14.9. The largest absolute Gasteiger partial charge is 0.384 e. The first-order valence-corrected chi connectivity index (χ1v) is 8.90. The van der Waals surface area contributed by atoms with Gasteiger partial charge in [-0.1, -0.05) is 11.3 Å². The van der Waals surface area contributed by atoms with Gasteiger partial charge in [0, 0.05) is 31.3 Å². The predicted molar refractivity (Wildman–Crippen MR) is 98.3 cm³/mol. The van der Waals surface area contributed by atoms with E-state index in [4.69, 9.17) is 10.8 Å². The monoisotopic (exact) mass is 354 g/mol. The van der Waals surface area contributed by atoms with Crippen LogP contribution in [0, 0.1) is 0 Å². The zero-order valence-electron chi connectivity index (χ0n) is 14.0. The first-order valence-electron chi connectivity index (χ1n) is 8.08. The number of amides is 1. The highest BCUT2D eigenvalue weighted by molar-refractivity contribution is 7.19. The summed E-state index contributed by atoms with van der Waals surface area (Å²) in [7, 11) is 1.94. The van der Waals surface area contributed by atoms with E-state index in [-0.39, 0.29) is 5.91 Å². The third kappa shape index (κ3) is 2.78. The summed E-state index contributed by atoms with van der Waals surface area (Å²) < 4.78 is 1.90. The van der Waals surface area contributed by atoms with Crippen molar-refractivity contribution < 1.29 is 4.79 Å². The van der Waals surface area contributed by atoms with Crippen molar-refractivity contribution in [2.24, 2.45) is 7.05 Å². The highest BCUT2D eigenvalue weighted by Crippen LogP contribution is 2.41. The number of carbonyl (C=O) groups is 1. The van der Waals surface area contributed by atoms with E-state index in [9.17, 15) is 4.79 Å². The maximum atomic E-state index is 11.3. The molecule has 4 rings (SSSR count). The molecular formula is C17H18N6OS. The van der Waals surface area contributed by atoms with Crippen LogP contribution in [-0.4, -0.2) is 25.7 Å². The standard InChI is InChI=1S/C17H18N6OS/c1-9(24)20-17-21-12-5-3-4-11-14(10-6-7-13(18)19-8-10)22-23(2)15(11)16(12)25-17/h6-8H,3-5H2,1-2H3,(H2,18,19)(H,20,21,24). The number of anilines is 2. The van der Waals surface area contributed by atoms with Crippen molar-refractivity contribution in [2.75, 3.05) is 11.1 Å². The number of rotatable bonds is 2. The number of hydrogen-bond acceptors (Lipinski definition) is 6. The van der Waals surface area contributed by atoms with E-state index < -0.39 is 0 Å². The fourth-order valence-corrected chi connectivity index (χ4v) is 4.37. The third-order valence-corrected chi connectivity index (χ3v) is 5.26. The summed E-state index contributed by atoms with van der Waals surface area (Å²) in [5.41, 5.74) is 10.9. The molecule has 0 bridgehead atoms. The summed E-state index contributed by atoms with van der Waals surface area (Å²) in [6.07, 6.45) is 4.57. The number of pyridine rings is 1. The fraction of sp³-hybridized carbons (Fsp3) is 0.294. The van der Waals surface area contributed by atoms with E-state index in [2.05, 4.69) is 15.3 Å². The van der Waals surface area contributed by atoms with Gasteiger partial charge in [-0.2, -0.15) is 5.10 Å². The van der Waals surface area contributed by atoms with Gasteiger partial charge in [-0.05, 0) is 31.4 Å². The second-order valence-electron chi connectivity index (χ2n) is 6.10. The summed E-state index contributed by atoms with van der Waals surface area (Å²) in [5.74, 6) is 0.387. The van der Waals surface area contributed by atoms with Crippen molar-refractivity contribution >= 4 is 28.2 Å². The Morgan fingerprint density at radius 3 is 2.92 bits per heavy atom. The Kier molecular flexibility index (Phi) is 3.76. The number of nitrogens with one attached hydrogen (secondary N) is 1. The van der Waals surface area contributed by atoms with Crippen LogP contribution in [0.25, 0.3) is 21.8 Å². The quantitative estimate of drug-likeness (QED) is 0.737. The second kappa shape index (κ2) is 5.96. The molecule has 1 amide bonds. The van der Waals surface area contributed by atoms with Crippen LogP contribution < -0.4 is 11.1 Å². The lowest BCUT2D eigenvalue weighted by Crippen LogP contribution is -2.05. The Morgan fingerprint density at radius 2 is 2.20 bits per heavy atom. The molecule has 7 nitrogen and oxygen atoms in total. The molecule has 1 aliphatic rings. The molecule has 25 heavy (non-hydrogen) atoms. The first-order chi connectivity index (χ1) is 12.0. The number of fused-ring (bicyclic) bond motifs is 3. The average molecular weight is 354 g/mol. The molecule has 3 heterocycles. The average Bonchev–Trinajstić information content (AvgIpc) is 3.03. The molecule has 0 aromatic carbocycles. The molecule has 3 N–H and O–H groups in total. The minimum atomic E-state index is -0.109. The van der Waals surface area contributed by atoms with Gasteiger partial charge in [-0.3, -0.25) is 9.48 Å². The van der Waals surface area contributed by atoms with Gasteiger partial charge in [-0.25, -0.2) is 9.97 Å². The van der Waals surface area contributed by atoms with Gasteiger partial charge in [0.05, 0.1) is 22.0 Å². The Labute approximate surface area is 148 Å². The van der Waals surface area contributed by atoms with Crippen LogP contribution in [0.4, 0.5) is 10.9 Å². The number of nitrogens with two attached hydrogens (primary N) is 1. The van der Waals surface area contributed by atoms with Gasteiger partial charge in [0.15, 0.2) is 5.13 Å². The number of hydrogen-bond donors (Lipinski definition) is 2. The molecule has 0 unspecified atom stereocenters. The Morgan fingerprint density at radius 1 is 1.36 bits per heavy atom. The Bertz CT molecular complexity index is 956. The van der Waals surface area contributed by atoms with Crippen LogP contribution in [0.2, 0.25) is 0 Å². The maximum Gasteiger partial charge on any atom is 0.223 e. The van der Waals surface area contributed by atoms with Crippen LogP contribution in [0.3, 0.4) is 0 Å². The number of nitrogens with zero attached hydrogens (tertiary/aromatic N) is 4. The van der Waals surface area contributed by atoms with Crippen LogP contribution >= 0.6 is 11.3 Å². The number of aromatic nitrogens is 4. The molecule has 0 fully saturated rings. The maximum absolute atomic E-state index is 11.3. The van der Waals surface area contributed by atoms with Crippen LogP contribution in [0.15, 0.2) is 18.3 Å². The molecule has 1 aliphatic carbocycles. The van der Waals surface area contributed by atoms with Crippen molar-refractivity contribution in [1.82, 2.24) is 19.7 Å². The minimum Gasteiger partial charge on any atom is -0.384 e.